The molecule has 2 amide bonds. The van der Waals surface area contributed by atoms with Crippen molar-refractivity contribution in [3.8, 4) is 17.2 Å². The topological polar surface area (TPSA) is 99.2 Å². The molecule has 36 heavy (non-hydrogen) atoms. The summed E-state index contributed by atoms with van der Waals surface area (Å²) < 4.78 is 54.2. The van der Waals surface area contributed by atoms with E-state index in [4.69, 9.17) is 13.7 Å². The Bertz CT molecular complexity index is 1410. The van der Waals surface area contributed by atoms with Crippen LogP contribution in [0.25, 0.3) is 6.08 Å². The number of para-hydroxylation sites is 1. The largest absolute Gasteiger partial charge is 0.493 e. The minimum atomic E-state index is -4.23. The first-order valence-corrected chi connectivity index (χ1v) is 12.8. The molecular formula is C25H20FNO7S2. The van der Waals surface area contributed by atoms with E-state index in [9.17, 15) is 22.4 Å². The van der Waals surface area contributed by atoms with Crippen molar-refractivity contribution in [1.82, 2.24) is 4.90 Å². The molecule has 0 atom stereocenters. The zero-order chi connectivity index (χ0) is 25.7. The summed E-state index contributed by atoms with van der Waals surface area (Å²) in [5.41, 5.74) is 0.490. The molecule has 0 N–H and O–H groups in total. The summed E-state index contributed by atoms with van der Waals surface area (Å²) in [5.74, 6) is -0.408. The second-order valence-electron chi connectivity index (χ2n) is 7.40. The van der Waals surface area contributed by atoms with Crippen molar-refractivity contribution in [2.75, 3.05) is 20.3 Å². The summed E-state index contributed by atoms with van der Waals surface area (Å²) in [5, 5.41) is -0.416. The maximum atomic E-state index is 13.1. The molecular weight excluding hydrogens is 509 g/mol. The van der Waals surface area contributed by atoms with Crippen molar-refractivity contribution in [2.24, 2.45) is 0 Å². The fourth-order valence-electron chi connectivity index (χ4n) is 3.23. The van der Waals surface area contributed by atoms with Crippen LogP contribution >= 0.6 is 11.8 Å². The zero-order valence-corrected chi connectivity index (χ0v) is 20.6. The van der Waals surface area contributed by atoms with Crippen LogP contribution in [0.5, 0.6) is 17.2 Å². The highest BCUT2D eigenvalue weighted by Gasteiger charge is 2.34. The van der Waals surface area contributed by atoms with Crippen LogP contribution in [0.2, 0.25) is 0 Å². The van der Waals surface area contributed by atoms with Gasteiger partial charge < -0.3 is 13.7 Å². The highest BCUT2D eigenvalue weighted by molar-refractivity contribution is 8.18. The molecule has 1 heterocycles. The molecule has 0 aromatic heterocycles. The monoisotopic (exact) mass is 529 g/mol. The van der Waals surface area contributed by atoms with Gasteiger partial charge in [0, 0.05) is 0 Å². The van der Waals surface area contributed by atoms with Gasteiger partial charge in [0.15, 0.2) is 11.5 Å². The summed E-state index contributed by atoms with van der Waals surface area (Å²) in [6, 6.07) is 17.6. The molecule has 3 aromatic carbocycles. The lowest BCUT2D eigenvalue weighted by Crippen LogP contribution is -2.32. The molecule has 8 nitrogen and oxygen atoms in total. The molecule has 0 bridgehead atoms. The zero-order valence-electron chi connectivity index (χ0n) is 18.9. The molecule has 0 spiro atoms. The molecule has 0 saturated carbocycles. The van der Waals surface area contributed by atoms with Crippen molar-refractivity contribution >= 4 is 39.1 Å². The van der Waals surface area contributed by atoms with E-state index < -0.39 is 27.1 Å². The molecule has 0 aliphatic carbocycles. The Labute approximate surface area is 211 Å². The molecule has 1 fully saturated rings. The van der Waals surface area contributed by atoms with E-state index in [-0.39, 0.29) is 34.5 Å². The molecule has 11 heteroatoms. The molecule has 3 aromatic rings. The Hall–Kier alpha value is -3.83. The van der Waals surface area contributed by atoms with Gasteiger partial charge in [0.05, 0.1) is 18.6 Å². The van der Waals surface area contributed by atoms with Gasteiger partial charge in [-0.15, -0.1) is 0 Å². The third kappa shape index (κ3) is 5.86. The van der Waals surface area contributed by atoms with Gasteiger partial charge in [0.1, 0.15) is 23.1 Å². The predicted octanol–water partition coefficient (Wildman–Crippen LogP) is 4.72. The van der Waals surface area contributed by atoms with Gasteiger partial charge in [-0.05, 0) is 71.9 Å². The molecule has 0 radical (unpaired) electrons. The van der Waals surface area contributed by atoms with Crippen LogP contribution in [0.1, 0.15) is 5.56 Å². The van der Waals surface area contributed by atoms with E-state index in [1.807, 2.05) is 18.2 Å². The number of carbonyl (C=O) groups is 2. The SMILES string of the molecule is COc1cc(/C=C2\SC(=O)N(CCOc3ccccc3)C2=O)ccc1OS(=O)(=O)c1ccc(F)cc1. The Morgan fingerprint density at radius 3 is 2.39 bits per heavy atom. The number of hydrogen-bond acceptors (Lipinski definition) is 8. The Kier molecular flexibility index (Phi) is 7.61. The minimum Gasteiger partial charge on any atom is -0.493 e. The maximum absolute atomic E-state index is 13.1. The number of imide groups is 1. The summed E-state index contributed by atoms with van der Waals surface area (Å²) >= 11 is 0.793. The number of amides is 2. The molecule has 0 unspecified atom stereocenters. The maximum Gasteiger partial charge on any atom is 0.339 e. The lowest BCUT2D eigenvalue weighted by Gasteiger charge is -2.13. The highest BCUT2D eigenvalue weighted by atomic mass is 32.2. The lowest BCUT2D eigenvalue weighted by atomic mass is 10.2. The number of benzene rings is 3. The van der Waals surface area contributed by atoms with E-state index in [0.29, 0.717) is 11.3 Å². The van der Waals surface area contributed by atoms with Crippen molar-refractivity contribution in [1.29, 1.82) is 0 Å². The van der Waals surface area contributed by atoms with Gasteiger partial charge in [-0.25, -0.2) is 4.39 Å². The molecule has 1 aliphatic rings. The number of thioether (sulfide) groups is 1. The van der Waals surface area contributed by atoms with Crippen LogP contribution in [-0.2, 0) is 14.9 Å². The first kappa shape index (κ1) is 25.3. The highest BCUT2D eigenvalue weighted by Crippen LogP contribution is 2.35. The number of halogens is 1. The summed E-state index contributed by atoms with van der Waals surface area (Å²) in [6.07, 6.45) is 1.50. The average Bonchev–Trinajstić information content (AvgIpc) is 3.13. The van der Waals surface area contributed by atoms with Gasteiger partial charge in [-0.2, -0.15) is 8.42 Å². The number of hydrogen-bond donors (Lipinski definition) is 0. The number of carbonyl (C=O) groups excluding carboxylic acids is 2. The molecule has 4 rings (SSSR count). The van der Waals surface area contributed by atoms with Crippen molar-refractivity contribution in [2.45, 2.75) is 4.90 Å². The lowest BCUT2D eigenvalue weighted by molar-refractivity contribution is -0.123. The van der Waals surface area contributed by atoms with Gasteiger partial charge in [0.25, 0.3) is 11.1 Å². The average molecular weight is 530 g/mol. The quantitative estimate of drug-likeness (QED) is 0.290. The number of rotatable bonds is 9. The summed E-state index contributed by atoms with van der Waals surface area (Å²) in [7, 11) is -2.90. The normalized spacial score (nSPS) is 14.8. The van der Waals surface area contributed by atoms with Crippen LogP contribution in [0.3, 0.4) is 0 Å². The summed E-state index contributed by atoms with van der Waals surface area (Å²) in [6.45, 7) is 0.242. The van der Waals surface area contributed by atoms with E-state index in [0.717, 1.165) is 40.9 Å². The van der Waals surface area contributed by atoms with Crippen LogP contribution in [-0.4, -0.2) is 44.7 Å². The van der Waals surface area contributed by atoms with E-state index in [2.05, 4.69) is 0 Å². The third-order valence-electron chi connectivity index (χ3n) is 4.99. The number of nitrogens with zero attached hydrogens (tertiary/aromatic N) is 1. The number of methoxy groups -OCH3 is 1. The van der Waals surface area contributed by atoms with Gasteiger partial charge in [-0.1, -0.05) is 24.3 Å². The Morgan fingerprint density at radius 2 is 1.69 bits per heavy atom. The van der Waals surface area contributed by atoms with E-state index in [1.54, 1.807) is 12.1 Å². The molecule has 186 valence electrons. The smallest absolute Gasteiger partial charge is 0.339 e. The van der Waals surface area contributed by atoms with Crippen molar-refractivity contribution in [3.63, 3.8) is 0 Å². The minimum absolute atomic E-state index is 0.0879. The first-order chi connectivity index (χ1) is 17.3. The third-order valence-corrected chi connectivity index (χ3v) is 7.14. The Balaban J connectivity index is 1.46. The fourth-order valence-corrected chi connectivity index (χ4v) is 5.03. The molecule has 1 aliphatic heterocycles. The van der Waals surface area contributed by atoms with Crippen LogP contribution in [0.15, 0.2) is 82.6 Å². The van der Waals surface area contributed by atoms with Gasteiger partial charge in [0.2, 0.25) is 0 Å². The van der Waals surface area contributed by atoms with Crippen LogP contribution < -0.4 is 13.7 Å². The van der Waals surface area contributed by atoms with Gasteiger partial charge in [-0.3, -0.25) is 14.5 Å². The van der Waals surface area contributed by atoms with Crippen molar-refractivity contribution < 1.29 is 36.1 Å². The second-order valence-corrected chi connectivity index (χ2v) is 9.94. The second kappa shape index (κ2) is 10.8. The standard InChI is InChI=1S/C25H20FNO7S2/c1-32-22-15-17(7-12-21(22)34-36(30,31)20-10-8-18(26)9-11-20)16-23-24(28)27(25(29)35-23)13-14-33-19-5-3-2-4-6-19/h2-12,15-16H,13-14H2,1H3/b23-16-. The van der Waals surface area contributed by atoms with E-state index >= 15 is 0 Å². The summed E-state index contributed by atoms with van der Waals surface area (Å²) in [4.78, 5) is 26.2. The molecule has 1 saturated heterocycles. The fraction of sp³-hybridized carbons (Fsp3) is 0.120. The Morgan fingerprint density at radius 1 is 0.972 bits per heavy atom. The van der Waals surface area contributed by atoms with Crippen LogP contribution in [0, 0.1) is 5.82 Å². The van der Waals surface area contributed by atoms with Crippen LogP contribution in [0.4, 0.5) is 9.18 Å². The predicted molar refractivity (Wildman–Crippen MR) is 132 cm³/mol. The number of ether oxygens (including phenoxy) is 2. The first-order valence-electron chi connectivity index (χ1n) is 10.6. The van der Waals surface area contributed by atoms with Gasteiger partial charge >= 0.3 is 10.1 Å². The van der Waals surface area contributed by atoms with E-state index in [1.165, 1.54) is 31.4 Å². The van der Waals surface area contributed by atoms with Crippen molar-refractivity contribution in [3.05, 3.63) is 89.1 Å².